The van der Waals surface area contributed by atoms with E-state index in [1.165, 1.54) is 21.3 Å². The Morgan fingerprint density at radius 2 is 1.79 bits per heavy atom. The zero-order valence-electron chi connectivity index (χ0n) is 15.1. The smallest absolute Gasteiger partial charge is 0.379 e. The van der Waals surface area contributed by atoms with E-state index in [4.69, 9.17) is 17.0 Å². The van der Waals surface area contributed by atoms with Crippen molar-refractivity contribution in [3.8, 4) is 0 Å². The number of hydrogen-bond acceptors (Lipinski definition) is 4. The number of nitrogens with zero attached hydrogens (tertiary/aromatic N) is 2. The molecule has 1 N–H and O–H groups in total. The van der Waals surface area contributed by atoms with Gasteiger partial charge in [0.25, 0.3) is 0 Å². The summed E-state index contributed by atoms with van der Waals surface area (Å²) in [6.45, 7) is 1.63. The highest BCUT2D eigenvalue weighted by atomic mass is 32.2. The van der Waals surface area contributed by atoms with Crippen molar-refractivity contribution in [3.05, 3.63) is 24.3 Å². The van der Waals surface area contributed by atoms with Crippen molar-refractivity contribution < 1.29 is 26.3 Å². The molecule has 3 rings (SSSR count). The molecule has 1 atom stereocenters. The molecule has 11 heteroatoms. The summed E-state index contributed by atoms with van der Waals surface area (Å²) >= 11 is 5.25. The minimum atomic E-state index is -4.23. The van der Waals surface area contributed by atoms with E-state index < -0.39 is 22.1 Å². The summed E-state index contributed by atoms with van der Waals surface area (Å²) < 4.78 is 70.6. The van der Waals surface area contributed by atoms with Crippen molar-refractivity contribution in [2.75, 3.05) is 44.7 Å². The third kappa shape index (κ3) is 4.94. The monoisotopic (exact) mass is 437 g/mol. The molecule has 2 fully saturated rings. The molecular weight excluding hydrogens is 415 g/mol. The summed E-state index contributed by atoms with van der Waals surface area (Å²) in [4.78, 5) is 1.66. The predicted molar refractivity (Wildman–Crippen MR) is 103 cm³/mol. The first-order valence-corrected chi connectivity index (χ1v) is 10.8. The van der Waals surface area contributed by atoms with E-state index in [2.05, 4.69) is 5.32 Å². The Kier molecular flexibility index (Phi) is 6.47. The highest BCUT2D eigenvalue weighted by Gasteiger charge is 2.42. The summed E-state index contributed by atoms with van der Waals surface area (Å²) in [6, 6.07) is 6.05. The van der Waals surface area contributed by atoms with Crippen LogP contribution in [-0.2, 0) is 14.8 Å². The highest BCUT2D eigenvalue weighted by Crippen LogP contribution is 2.33. The van der Waals surface area contributed by atoms with E-state index in [-0.39, 0.29) is 23.0 Å². The lowest BCUT2D eigenvalue weighted by molar-refractivity contribution is -0.183. The molecule has 0 radical (unpaired) electrons. The topological polar surface area (TPSA) is 61.9 Å². The molecule has 0 spiro atoms. The molecule has 1 unspecified atom stereocenters. The van der Waals surface area contributed by atoms with Gasteiger partial charge in [0.05, 0.1) is 24.0 Å². The fourth-order valence-electron chi connectivity index (χ4n) is 3.28. The molecular formula is C17H22F3N3O3S2. The Balaban J connectivity index is 1.63. The number of likely N-dealkylation sites (tertiary alicyclic amines) is 1. The van der Waals surface area contributed by atoms with Gasteiger partial charge in [-0.05, 0) is 49.3 Å². The number of ether oxygens (including phenoxy) is 1. The molecule has 1 aromatic rings. The third-order valence-corrected chi connectivity index (χ3v) is 7.16. The van der Waals surface area contributed by atoms with Crippen LogP contribution in [0.15, 0.2) is 29.2 Å². The number of morpholine rings is 1. The normalized spacial score (nSPS) is 22.1. The number of rotatable bonds is 3. The number of benzene rings is 1. The van der Waals surface area contributed by atoms with Gasteiger partial charge in [0.2, 0.25) is 10.0 Å². The Morgan fingerprint density at radius 3 is 2.39 bits per heavy atom. The molecule has 0 aromatic heterocycles. The van der Waals surface area contributed by atoms with Crippen LogP contribution in [0.25, 0.3) is 0 Å². The van der Waals surface area contributed by atoms with Crippen LogP contribution in [0.5, 0.6) is 0 Å². The van der Waals surface area contributed by atoms with Crippen LogP contribution >= 0.6 is 12.2 Å². The standard InChI is InChI=1S/C17H22F3N3O3S2/c18-17(19,20)13-2-1-7-22(12-13)16(27)21-14-3-5-15(6-4-14)28(24,25)23-8-10-26-11-9-23/h3-6,13H,1-2,7-12H2,(H,21,27). The average Bonchev–Trinajstić information content (AvgIpc) is 2.68. The lowest BCUT2D eigenvalue weighted by Gasteiger charge is -2.35. The third-order valence-electron chi connectivity index (χ3n) is 4.88. The number of piperidine rings is 1. The number of halogens is 3. The quantitative estimate of drug-likeness (QED) is 0.734. The van der Waals surface area contributed by atoms with E-state index >= 15 is 0 Å². The Bertz CT molecular complexity index is 794. The number of sulfonamides is 1. The second-order valence-electron chi connectivity index (χ2n) is 6.80. The van der Waals surface area contributed by atoms with Crippen molar-refractivity contribution in [1.82, 2.24) is 9.21 Å². The number of thiocarbonyl (C=S) groups is 1. The van der Waals surface area contributed by atoms with E-state index in [9.17, 15) is 21.6 Å². The van der Waals surface area contributed by atoms with Gasteiger partial charge in [0, 0.05) is 31.9 Å². The maximum Gasteiger partial charge on any atom is 0.393 e. The molecule has 0 bridgehead atoms. The van der Waals surface area contributed by atoms with Crippen LogP contribution < -0.4 is 5.32 Å². The van der Waals surface area contributed by atoms with E-state index in [1.807, 2.05) is 0 Å². The number of alkyl halides is 3. The lowest BCUT2D eigenvalue weighted by Crippen LogP contribution is -2.46. The van der Waals surface area contributed by atoms with E-state index in [0.29, 0.717) is 45.0 Å². The van der Waals surface area contributed by atoms with Gasteiger partial charge in [-0.15, -0.1) is 0 Å². The minimum absolute atomic E-state index is 0.108. The largest absolute Gasteiger partial charge is 0.393 e. The van der Waals surface area contributed by atoms with E-state index in [1.54, 1.807) is 12.1 Å². The molecule has 2 aliphatic heterocycles. The Hall–Kier alpha value is -1.43. The first-order chi connectivity index (χ1) is 13.2. The number of hydrogen-bond donors (Lipinski definition) is 1. The molecule has 2 saturated heterocycles. The van der Waals surface area contributed by atoms with Crippen LogP contribution in [0, 0.1) is 5.92 Å². The number of nitrogens with one attached hydrogen (secondary N) is 1. The van der Waals surface area contributed by atoms with Crippen molar-refractivity contribution in [2.45, 2.75) is 23.9 Å². The summed E-state index contributed by atoms with van der Waals surface area (Å²) in [6.07, 6.45) is -3.71. The molecule has 28 heavy (non-hydrogen) atoms. The first-order valence-electron chi connectivity index (χ1n) is 8.98. The molecule has 0 amide bonds. The fourth-order valence-corrected chi connectivity index (χ4v) is 4.97. The maximum atomic E-state index is 13.0. The summed E-state index contributed by atoms with van der Waals surface area (Å²) in [5.41, 5.74) is 0.528. The van der Waals surface area contributed by atoms with Gasteiger partial charge < -0.3 is 15.0 Å². The van der Waals surface area contributed by atoms with Gasteiger partial charge in [-0.2, -0.15) is 17.5 Å². The minimum Gasteiger partial charge on any atom is -0.379 e. The number of anilines is 1. The second-order valence-corrected chi connectivity index (χ2v) is 9.12. The lowest BCUT2D eigenvalue weighted by atomic mass is 9.98. The van der Waals surface area contributed by atoms with Crippen molar-refractivity contribution in [1.29, 1.82) is 0 Å². The Morgan fingerprint density at radius 1 is 1.14 bits per heavy atom. The first kappa shape index (κ1) is 21.3. The molecule has 2 heterocycles. The van der Waals surface area contributed by atoms with Crippen LogP contribution in [0.1, 0.15) is 12.8 Å². The second kappa shape index (κ2) is 8.52. The van der Waals surface area contributed by atoms with Crippen LogP contribution in [-0.4, -0.2) is 68.3 Å². The molecule has 6 nitrogen and oxygen atoms in total. The van der Waals surface area contributed by atoms with Crippen molar-refractivity contribution in [3.63, 3.8) is 0 Å². The molecule has 0 saturated carbocycles. The summed E-state index contributed by atoms with van der Waals surface area (Å²) in [7, 11) is -3.59. The van der Waals surface area contributed by atoms with Gasteiger partial charge in [-0.25, -0.2) is 8.42 Å². The molecule has 156 valence electrons. The Labute approximate surface area is 167 Å². The van der Waals surface area contributed by atoms with Crippen LogP contribution in [0.2, 0.25) is 0 Å². The van der Waals surface area contributed by atoms with Gasteiger partial charge in [-0.1, -0.05) is 0 Å². The SMILES string of the molecule is O=S(=O)(c1ccc(NC(=S)N2CCCC(C(F)(F)F)C2)cc1)N1CCOCC1. The van der Waals surface area contributed by atoms with Crippen molar-refractivity contribution >= 4 is 33.0 Å². The molecule has 2 aliphatic rings. The van der Waals surface area contributed by atoms with Gasteiger partial charge >= 0.3 is 6.18 Å². The van der Waals surface area contributed by atoms with Crippen LogP contribution in [0.4, 0.5) is 18.9 Å². The molecule has 1 aromatic carbocycles. The molecule has 0 aliphatic carbocycles. The van der Waals surface area contributed by atoms with Gasteiger partial charge in [-0.3, -0.25) is 0 Å². The zero-order valence-corrected chi connectivity index (χ0v) is 16.7. The van der Waals surface area contributed by atoms with E-state index in [0.717, 1.165) is 0 Å². The summed E-state index contributed by atoms with van der Waals surface area (Å²) in [5.74, 6) is -1.39. The van der Waals surface area contributed by atoms with Gasteiger partial charge in [0.15, 0.2) is 5.11 Å². The predicted octanol–water partition coefficient (Wildman–Crippen LogP) is 2.68. The average molecular weight is 438 g/mol. The fraction of sp³-hybridized carbons (Fsp3) is 0.588. The highest BCUT2D eigenvalue weighted by molar-refractivity contribution is 7.89. The van der Waals surface area contributed by atoms with Crippen molar-refractivity contribution in [2.24, 2.45) is 5.92 Å². The van der Waals surface area contributed by atoms with Crippen LogP contribution in [0.3, 0.4) is 0 Å². The summed E-state index contributed by atoms with van der Waals surface area (Å²) in [5, 5.41) is 3.11. The van der Waals surface area contributed by atoms with Gasteiger partial charge in [0.1, 0.15) is 0 Å². The zero-order chi connectivity index (χ0) is 20.4. The maximum absolute atomic E-state index is 13.0.